The number of anilines is 1. The summed E-state index contributed by atoms with van der Waals surface area (Å²) in [6.45, 7) is 1.31. The summed E-state index contributed by atoms with van der Waals surface area (Å²) in [5, 5.41) is 6.32. The van der Waals surface area contributed by atoms with Gasteiger partial charge in [-0.1, -0.05) is 11.2 Å². The number of aromatic nitrogens is 1. The number of halogens is 2. The van der Waals surface area contributed by atoms with Crippen LogP contribution in [0.15, 0.2) is 35.1 Å². The molecule has 5 nitrogen and oxygen atoms in total. The van der Waals surface area contributed by atoms with E-state index in [1.807, 2.05) is 0 Å². The van der Waals surface area contributed by atoms with Gasteiger partial charge in [-0.3, -0.25) is 5.32 Å². The fraction of sp³-hybridized carbons (Fsp3) is 0.412. The summed E-state index contributed by atoms with van der Waals surface area (Å²) in [7, 11) is 0. The van der Waals surface area contributed by atoms with Gasteiger partial charge in [0.05, 0.1) is 0 Å². The molecule has 1 aromatic heterocycles. The Kier molecular flexibility index (Phi) is 5.08. The van der Waals surface area contributed by atoms with Gasteiger partial charge in [0.1, 0.15) is 17.9 Å². The number of hydrogen-bond donors (Lipinski definition) is 1. The Hall–Kier alpha value is -2.44. The van der Waals surface area contributed by atoms with Crippen molar-refractivity contribution >= 4 is 11.8 Å². The molecule has 0 radical (unpaired) electrons. The Balaban J connectivity index is 1.44. The van der Waals surface area contributed by atoms with Gasteiger partial charge in [-0.05, 0) is 43.2 Å². The molecule has 128 valence electrons. The fourth-order valence-corrected chi connectivity index (χ4v) is 2.97. The Morgan fingerprint density at radius 3 is 2.75 bits per heavy atom. The molecule has 1 aromatic carbocycles. The molecule has 0 atom stereocenters. The second-order valence-corrected chi connectivity index (χ2v) is 6.02. The van der Waals surface area contributed by atoms with Crippen LogP contribution in [0, 0.1) is 17.6 Å². The minimum absolute atomic E-state index is 0.188. The lowest BCUT2D eigenvalue weighted by Crippen LogP contribution is -2.41. The third-order valence-electron chi connectivity index (χ3n) is 4.41. The predicted molar refractivity (Wildman–Crippen MR) is 84.5 cm³/mol. The van der Waals surface area contributed by atoms with Gasteiger partial charge in [0, 0.05) is 25.2 Å². The van der Waals surface area contributed by atoms with Crippen LogP contribution in [-0.4, -0.2) is 29.2 Å². The van der Waals surface area contributed by atoms with Crippen LogP contribution in [-0.2, 0) is 6.42 Å². The predicted octanol–water partition coefficient (Wildman–Crippen LogP) is 3.83. The number of carbonyl (C=O) groups excluding carboxylic acids is 1. The molecule has 3 rings (SSSR count). The molecule has 1 fully saturated rings. The average molecular weight is 335 g/mol. The maximum atomic E-state index is 13.6. The lowest BCUT2D eigenvalue weighted by Gasteiger charge is -2.31. The van der Waals surface area contributed by atoms with Crippen molar-refractivity contribution in [3.8, 4) is 0 Å². The fourth-order valence-electron chi connectivity index (χ4n) is 2.97. The van der Waals surface area contributed by atoms with E-state index in [1.165, 1.54) is 18.4 Å². The molecule has 0 spiro atoms. The van der Waals surface area contributed by atoms with E-state index >= 15 is 0 Å². The van der Waals surface area contributed by atoms with Gasteiger partial charge in [-0.25, -0.2) is 13.6 Å². The normalized spacial score (nSPS) is 15.5. The molecule has 0 bridgehead atoms. The summed E-state index contributed by atoms with van der Waals surface area (Å²) in [6.07, 6.45) is 4.56. The summed E-state index contributed by atoms with van der Waals surface area (Å²) < 4.78 is 31.2. The van der Waals surface area contributed by atoms with Crippen LogP contribution < -0.4 is 5.32 Å². The van der Waals surface area contributed by atoms with E-state index in [9.17, 15) is 13.6 Å². The van der Waals surface area contributed by atoms with Crippen molar-refractivity contribution in [2.24, 2.45) is 5.92 Å². The van der Waals surface area contributed by atoms with Gasteiger partial charge in [0.25, 0.3) is 0 Å². The number of aryl methyl sites for hydroxylation is 1. The molecule has 2 heterocycles. The molecule has 0 saturated carbocycles. The van der Waals surface area contributed by atoms with Crippen LogP contribution in [0.5, 0.6) is 0 Å². The highest BCUT2D eigenvalue weighted by Gasteiger charge is 2.23. The van der Waals surface area contributed by atoms with Crippen molar-refractivity contribution < 1.29 is 18.1 Å². The molecule has 7 heteroatoms. The summed E-state index contributed by atoms with van der Waals surface area (Å²) in [6, 6.07) is 5.11. The maximum absolute atomic E-state index is 13.6. The molecule has 2 aromatic rings. The molecule has 0 unspecified atom stereocenters. The topological polar surface area (TPSA) is 58.4 Å². The van der Waals surface area contributed by atoms with Gasteiger partial charge >= 0.3 is 6.03 Å². The zero-order valence-electron chi connectivity index (χ0n) is 13.2. The number of hydrogen-bond acceptors (Lipinski definition) is 3. The minimum Gasteiger partial charge on any atom is -0.363 e. The largest absolute Gasteiger partial charge is 0.363 e. The number of benzene rings is 1. The molecule has 24 heavy (non-hydrogen) atoms. The highest BCUT2D eigenvalue weighted by atomic mass is 19.1. The quantitative estimate of drug-likeness (QED) is 0.924. The Labute approximate surface area is 138 Å². The molecular weight excluding hydrogens is 316 g/mol. The molecule has 1 N–H and O–H groups in total. The first-order valence-electron chi connectivity index (χ1n) is 8.02. The second kappa shape index (κ2) is 7.42. The first-order chi connectivity index (χ1) is 11.6. The van der Waals surface area contributed by atoms with Crippen LogP contribution in [0.25, 0.3) is 0 Å². The van der Waals surface area contributed by atoms with Crippen LogP contribution in [0.4, 0.5) is 19.4 Å². The first kappa shape index (κ1) is 16.4. The number of nitrogens with one attached hydrogen (secondary N) is 1. The van der Waals surface area contributed by atoms with Crippen molar-refractivity contribution in [2.45, 2.75) is 25.7 Å². The minimum atomic E-state index is -0.553. The van der Waals surface area contributed by atoms with Gasteiger partial charge in [-0.2, -0.15) is 0 Å². The van der Waals surface area contributed by atoms with Gasteiger partial charge < -0.3 is 9.42 Å². The maximum Gasteiger partial charge on any atom is 0.323 e. The summed E-state index contributed by atoms with van der Waals surface area (Å²) in [5.41, 5.74) is 0.544. The van der Waals surface area contributed by atoms with E-state index in [-0.39, 0.29) is 6.03 Å². The smallest absolute Gasteiger partial charge is 0.323 e. The van der Waals surface area contributed by atoms with Crippen molar-refractivity contribution in [1.29, 1.82) is 0 Å². The zero-order valence-corrected chi connectivity index (χ0v) is 13.2. The van der Waals surface area contributed by atoms with E-state index in [2.05, 4.69) is 15.0 Å². The first-order valence-corrected chi connectivity index (χ1v) is 8.02. The van der Waals surface area contributed by atoms with Crippen LogP contribution in [0.1, 0.15) is 24.8 Å². The Bertz CT molecular complexity index is 683. The SMILES string of the molecule is O=C(Nc1ccon1)N1CCC(CCc2ccc(F)cc2F)CC1. The number of likely N-dealkylation sites (tertiary alicyclic amines) is 1. The average Bonchev–Trinajstić information content (AvgIpc) is 3.07. The van der Waals surface area contributed by atoms with Crippen LogP contribution >= 0.6 is 0 Å². The second-order valence-electron chi connectivity index (χ2n) is 6.02. The number of amides is 2. The standard InChI is InChI=1S/C17H19F2N3O2/c18-14-4-3-13(15(19)11-14)2-1-12-5-8-22(9-6-12)17(23)20-16-7-10-24-21-16/h3-4,7,10-12H,1-2,5-6,8-9H2,(H,20,21,23). The molecule has 1 aliphatic rings. The molecule has 1 aliphatic heterocycles. The number of carbonyl (C=O) groups is 1. The highest BCUT2D eigenvalue weighted by molar-refractivity contribution is 5.88. The number of rotatable bonds is 4. The van der Waals surface area contributed by atoms with E-state index in [0.717, 1.165) is 25.3 Å². The number of piperidine rings is 1. The van der Waals surface area contributed by atoms with E-state index in [4.69, 9.17) is 0 Å². The molecule has 1 saturated heterocycles. The molecular formula is C17H19F2N3O2. The Morgan fingerprint density at radius 1 is 1.29 bits per heavy atom. The molecule has 0 aliphatic carbocycles. The lowest BCUT2D eigenvalue weighted by atomic mass is 9.90. The number of urea groups is 1. The van der Waals surface area contributed by atoms with Gasteiger partial charge in [0.2, 0.25) is 0 Å². The monoisotopic (exact) mass is 335 g/mol. The lowest BCUT2D eigenvalue weighted by molar-refractivity contribution is 0.179. The highest BCUT2D eigenvalue weighted by Crippen LogP contribution is 2.24. The summed E-state index contributed by atoms with van der Waals surface area (Å²) in [5.74, 6) is -0.207. The van der Waals surface area contributed by atoms with E-state index < -0.39 is 11.6 Å². The summed E-state index contributed by atoms with van der Waals surface area (Å²) in [4.78, 5) is 13.8. The van der Waals surface area contributed by atoms with Crippen LogP contribution in [0.2, 0.25) is 0 Å². The van der Waals surface area contributed by atoms with Gasteiger partial charge in [-0.15, -0.1) is 0 Å². The Morgan fingerprint density at radius 2 is 2.08 bits per heavy atom. The zero-order chi connectivity index (χ0) is 16.9. The number of nitrogens with zero attached hydrogens (tertiary/aromatic N) is 2. The molecule has 2 amide bonds. The third kappa shape index (κ3) is 4.10. The van der Waals surface area contributed by atoms with Crippen molar-refractivity contribution in [3.63, 3.8) is 0 Å². The van der Waals surface area contributed by atoms with Crippen molar-refractivity contribution in [3.05, 3.63) is 47.7 Å². The summed E-state index contributed by atoms with van der Waals surface area (Å²) >= 11 is 0. The van der Waals surface area contributed by atoms with E-state index in [1.54, 1.807) is 11.0 Å². The van der Waals surface area contributed by atoms with Crippen molar-refractivity contribution in [1.82, 2.24) is 10.1 Å². The van der Waals surface area contributed by atoms with Gasteiger partial charge in [0.15, 0.2) is 5.82 Å². The van der Waals surface area contributed by atoms with E-state index in [0.29, 0.717) is 36.8 Å². The van der Waals surface area contributed by atoms with Crippen LogP contribution in [0.3, 0.4) is 0 Å². The third-order valence-corrected chi connectivity index (χ3v) is 4.41. The van der Waals surface area contributed by atoms with Crippen molar-refractivity contribution in [2.75, 3.05) is 18.4 Å².